The largest absolute Gasteiger partial charge is 0.320 e. The number of hydrogen-bond acceptors (Lipinski definition) is 3. The first-order chi connectivity index (χ1) is 8.08. The zero-order chi connectivity index (χ0) is 12.4. The zero-order valence-electron chi connectivity index (χ0n) is 8.83. The topological polar surface area (TPSA) is 42.0 Å². The van der Waals surface area contributed by atoms with E-state index in [-0.39, 0.29) is 5.91 Å². The lowest BCUT2D eigenvalue weighted by molar-refractivity contribution is 0.103. The average molecular weight is 287 g/mol. The van der Waals surface area contributed by atoms with E-state index in [1.807, 2.05) is 19.1 Å². The molecular formula is C11H8Cl2N2OS. The molecular weight excluding hydrogens is 279 g/mol. The number of nitrogens with one attached hydrogen (secondary N) is 1. The highest BCUT2D eigenvalue weighted by atomic mass is 35.5. The monoisotopic (exact) mass is 286 g/mol. The molecule has 0 aliphatic carbocycles. The van der Waals surface area contributed by atoms with Crippen LogP contribution in [0.2, 0.25) is 9.49 Å². The Morgan fingerprint density at radius 3 is 2.76 bits per heavy atom. The van der Waals surface area contributed by atoms with Crippen LogP contribution in [-0.4, -0.2) is 10.9 Å². The van der Waals surface area contributed by atoms with Crippen LogP contribution in [0.1, 0.15) is 15.2 Å². The predicted molar refractivity (Wildman–Crippen MR) is 71.3 cm³/mol. The number of amides is 1. The highest BCUT2D eigenvalue weighted by molar-refractivity contribution is 7.17. The smallest absolute Gasteiger partial charge is 0.267 e. The Bertz CT molecular complexity index is 548. The first-order valence-corrected chi connectivity index (χ1v) is 6.33. The molecule has 1 aromatic heterocycles. The minimum Gasteiger partial charge on any atom is -0.320 e. The van der Waals surface area contributed by atoms with Gasteiger partial charge in [0.1, 0.15) is 4.88 Å². The molecule has 1 N–H and O–H groups in total. The van der Waals surface area contributed by atoms with Crippen LogP contribution in [0.3, 0.4) is 0 Å². The maximum atomic E-state index is 11.9. The number of aromatic nitrogens is 1. The van der Waals surface area contributed by atoms with Gasteiger partial charge in [-0.3, -0.25) is 4.79 Å². The lowest BCUT2D eigenvalue weighted by Crippen LogP contribution is -2.11. The maximum Gasteiger partial charge on any atom is 0.267 e. The van der Waals surface area contributed by atoms with E-state index in [0.717, 1.165) is 16.9 Å². The SMILES string of the molecule is Cc1cccc(Cl)c1NC(=O)c1cnc(Cl)s1. The summed E-state index contributed by atoms with van der Waals surface area (Å²) in [6.07, 6.45) is 1.44. The fourth-order valence-corrected chi connectivity index (χ4v) is 2.43. The van der Waals surface area contributed by atoms with Crippen LogP contribution in [0.25, 0.3) is 0 Å². The number of nitrogens with zero attached hydrogens (tertiary/aromatic N) is 1. The number of aryl methyl sites for hydroxylation is 1. The average Bonchev–Trinajstić information content (AvgIpc) is 2.70. The fraction of sp³-hybridized carbons (Fsp3) is 0.0909. The number of thiazole rings is 1. The molecule has 2 aromatic rings. The molecule has 0 radical (unpaired) electrons. The molecule has 3 nitrogen and oxygen atoms in total. The van der Waals surface area contributed by atoms with Gasteiger partial charge in [-0.2, -0.15) is 0 Å². The molecule has 0 bridgehead atoms. The Morgan fingerprint density at radius 2 is 2.18 bits per heavy atom. The number of benzene rings is 1. The Hall–Kier alpha value is -1.10. The number of rotatable bonds is 2. The normalized spacial score (nSPS) is 10.3. The fourth-order valence-electron chi connectivity index (χ4n) is 1.32. The van der Waals surface area contributed by atoms with E-state index in [2.05, 4.69) is 10.3 Å². The second kappa shape index (κ2) is 5.04. The van der Waals surface area contributed by atoms with Crippen molar-refractivity contribution in [3.63, 3.8) is 0 Å². The van der Waals surface area contributed by atoms with Gasteiger partial charge in [-0.25, -0.2) is 4.98 Å². The minimum absolute atomic E-state index is 0.259. The molecule has 0 spiro atoms. The third kappa shape index (κ3) is 2.77. The molecule has 88 valence electrons. The van der Waals surface area contributed by atoms with Crippen LogP contribution in [0.4, 0.5) is 5.69 Å². The van der Waals surface area contributed by atoms with Gasteiger partial charge >= 0.3 is 0 Å². The second-order valence-electron chi connectivity index (χ2n) is 3.36. The predicted octanol–water partition coefficient (Wildman–Crippen LogP) is 4.01. The molecule has 0 aliphatic heterocycles. The number of para-hydroxylation sites is 1. The Morgan fingerprint density at radius 1 is 1.41 bits per heavy atom. The van der Waals surface area contributed by atoms with Crippen molar-refractivity contribution in [1.29, 1.82) is 0 Å². The molecule has 1 amide bonds. The molecule has 6 heteroatoms. The van der Waals surface area contributed by atoms with Gasteiger partial charge in [0.05, 0.1) is 16.9 Å². The summed E-state index contributed by atoms with van der Waals surface area (Å²) in [4.78, 5) is 16.1. The third-order valence-corrected chi connectivity index (χ3v) is 3.59. The molecule has 0 saturated carbocycles. The van der Waals surface area contributed by atoms with E-state index in [4.69, 9.17) is 23.2 Å². The molecule has 0 aliphatic rings. The summed E-state index contributed by atoms with van der Waals surface area (Å²) in [5.41, 5.74) is 1.52. The van der Waals surface area contributed by atoms with Gasteiger partial charge in [0.15, 0.2) is 4.47 Å². The molecule has 2 rings (SSSR count). The minimum atomic E-state index is -0.259. The van der Waals surface area contributed by atoms with Gasteiger partial charge in [-0.05, 0) is 18.6 Å². The van der Waals surface area contributed by atoms with Crippen molar-refractivity contribution >= 4 is 46.1 Å². The van der Waals surface area contributed by atoms with Crippen LogP contribution >= 0.6 is 34.5 Å². The standard InChI is InChI=1S/C11H8Cl2N2OS/c1-6-3-2-4-7(12)9(6)15-10(16)8-5-14-11(13)17-8/h2-5H,1H3,(H,15,16). The summed E-state index contributed by atoms with van der Waals surface area (Å²) in [5.74, 6) is -0.259. The van der Waals surface area contributed by atoms with Crippen molar-refractivity contribution in [2.75, 3.05) is 5.32 Å². The molecule has 17 heavy (non-hydrogen) atoms. The number of anilines is 1. The molecule has 1 aromatic carbocycles. The highest BCUT2D eigenvalue weighted by Crippen LogP contribution is 2.26. The highest BCUT2D eigenvalue weighted by Gasteiger charge is 2.12. The van der Waals surface area contributed by atoms with Crippen molar-refractivity contribution in [3.05, 3.63) is 44.3 Å². The van der Waals surface area contributed by atoms with Crippen molar-refractivity contribution in [2.45, 2.75) is 6.92 Å². The van der Waals surface area contributed by atoms with E-state index in [1.165, 1.54) is 6.20 Å². The number of carbonyl (C=O) groups is 1. The van der Waals surface area contributed by atoms with Gasteiger partial charge in [0.2, 0.25) is 0 Å². The Labute approximate surface area is 112 Å². The van der Waals surface area contributed by atoms with Crippen LogP contribution in [0, 0.1) is 6.92 Å². The van der Waals surface area contributed by atoms with Crippen molar-refractivity contribution in [3.8, 4) is 0 Å². The molecule has 0 unspecified atom stereocenters. The zero-order valence-corrected chi connectivity index (χ0v) is 11.2. The Balaban J connectivity index is 2.24. The van der Waals surface area contributed by atoms with Gasteiger partial charge in [-0.1, -0.05) is 46.7 Å². The summed E-state index contributed by atoms with van der Waals surface area (Å²) >= 11 is 12.8. The van der Waals surface area contributed by atoms with Crippen molar-refractivity contribution < 1.29 is 4.79 Å². The number of halogens is 2. The molecule has 0 atom stereocenters. The number of hydrogen-bond donors (Lipinski definition) is 1. The van der Waals surface area contributed by atoms with Crippen LogP contribution in [-0.2, 0) is 0 Å². The van der Waals surface area contributed by atoms with E-state index in [9.17, 15) is 4.79 Å². The van der Waals surface area contributed by atoms with Gasteiger partial charge in [-0.15, -0.1) is 0 Å². The quantitative estimate of drug-likeness (QED) is 0.906. The summed E-state index contributed by atoms with van der Waals surface area (Å²) in [7, 11) is 0. The third-order valence-electron chi connectivity index (χ3n) is 2.16. The lowest BCUT2D eigenvalue weighted by Gasteiger charge is -2.08. The molecule has 0 fully saturated rings. The molecule has 1 heterocycles. The molecule has 0 saturated heterocycles. The summed E-state index contributed by atoms with van der Waals surface area (Å²) in [6.45, 7) is 1.88. The number of carbonyl (C=O) groups excluding carboxylic acids is 1. The second-order valence-corrected chi connectivity index (χ2v) is 5.38. The van der Waals surface area contributed by atoms with E-state index in [0.29, 0.717) is 20.1 Å². The van der Waals surface area contributed by atoms with Crippen molar-refractivity contribution in [2.24, 2.45) is 0 Å². The van der Waals surface area contributed by atoms with E-state index >= 15 is 0 Å². The summed E-state index contributed by atoms with van der Waals surface area (Å²) in [5, 5.41) is 3.26. The van der Waals surface area contributed by atoms with E-state index < -0.39 is 0 Å². The maximum absolute atomic E-state index is 11.9. The van der Waals surface area contributed by atoms with Gasteiger partial charge < -0.3 is 5.32 Å². The summed E-state index contributed by atoms with van der Waals surface area (Å²) in [6, 6.07) is 5.43. The van der Waals surface area contributed by atoms with Crippen LogP contribution in [0.15, 0.2) is 24.4 Å². The van der Waals surface area contributed by atoms with Crippen LogP contribution < -0.4 is 5.32 Å². The van der Waals surface area contributed by atoms with Gasteiger partial charge in [0, 0.05) is 0 Å². The van der Waals surface area contributed by atoms with Gasteiger partial charge in [0.25, 0.3) is 5.91 Å². The first kappa shape index (κ1) is 12.4. The Kier molecular flexibility index (Phi) is 3.66. The van der Waals surface area contributed by atoms with Crippen LogP contribution in [0.5, 0.6) is 0 Å². The summed E-state index contributed by atoms with van der Waals surface area (Å²) < 4.78 is 0.339. The van der Waals surface area contributed by atoms with Crippen molar-refractivity contribution in [1.82, 2.24) is 4.98 Å². The van der Waals surface area contributed by atoms with E-state index in [1.54, 1.807) is 6.07 Å². The first-order valence-electron chi connectivity index (χ1n) is 4.75. The lowest BCUT2D eigenvalue weighted by atomic mass is 10.2.